The molecule has 158 valence electrons. The standard InChI is InChI=1S/C21H26N6O2S/c1-14-15(2)30-20-19(14)21(29)27(13-23-20)7-6-18(28)24-16-4-5-17(22-12-16)26-10-8-25(3)9-11-26/h4-5,12-13H,6-11H2,1-3H3,(H,24,28). The van der Waals surface area contributed by atoms with E-state index < -0.39 is 0 Å². The number of carbonyl (C=O) groups excluding carboxylic acids is 1. The van der Waals surface area contributed by atoms with Crippen LogP contribution in [-0.4, -0.2) is 58.6 Å². The lowest BCUT2D eigenvalue weighted by atomic mass is 10.2. The number of hydrogen-bond donors (Lipinski definition) is 1. The third-order valence-corrected chi connectivity index (χ3v) is 6.71. The Morgan fingerprint density at radius 3 is 2.63 bits per heavy atom. The molecule has 1 aliphatic heterocycles. The molecule has 0 radical (unpaired) electrons. The fourth-order valence-corrected chi connectivity index (χ4v) is 4.54. The van der Waals surface area contributed by atoms with Crippen molar-refractivity contribution in [2.45, 2.75) is 26.8 Å². The van der Waals surface area contributed by atoms with Crippen molar-refractivity contribution in [3.63, 3.8) is 0 Å². The van der Waals surface area contributed by atoms with Crippen molar-refractivity contribution in [2.24, 2.45) is 0 Å². The Morgan fingerprint density at radius 2 is 1.93 bits per heavy atom. The van der Waals surface area contributed by atoms with Gasteiger partial charge in [-0.2, -0.15) is 0 Å². The quantitative estimate of drug-likeness (QED) is 0.674. The largest absolute Gasteiger partial charge is 0.354 e. The molecule has 3 aromatic heterocycles. The van der Waals surface area contributed by atoms with Gasteiger partial charge in [0.05, 0.1) is 23.6 Å². The van der Waals surface area contributed by atoms with Crippen LogP contribution in [0.3, 0.4) is 0 Å². The van der Waals surface area contributed by atoms with Gasteiger partial charge in [0, 0.05) is 44.0 Å². The van der Waals surface area contributed by atoms with Gasteiger partial charge in [0.25, 0.3) is 5.56 Å². The smallest absolute Gasteiger partial charge is 0.262 e. The summed E-state index contributed by atoms with van der Waals surface area (Å²) in [5, 5.41) is 3.52. The molecule has 0 unspecified atom stereocenters. The van der Waals surface area contributed by atoms with Crippen LogP contribution in [0.15, 0.2) is 29.5 Å². The van der Waals surface area contributed by atoms with Crippen LogP contribution in [-0.2, 0) is 11.3 Å². The predicted octanol–water partition coefficient (Wildman–Crippen LogP) is 2.25. The maximum atomic E-state index is 12.7. The SMILES string of the molecule is Cc1sc2ncn(CCC(=O)Nc3ccc(N4CCN(C)CC4)nc3)c(=O)c2c1C. The molecule has 0 spiro atoms. The number of rotatable bonds is 5. The fraction of sp³-hybridized carbons (Fsp3) is 0.429. The predicted molar refractivity (Wildman–Crippen MR) is 121 cm³/mol. The first-order chi connectivity index (χ1) is 14.4. The Bertz CT molecular complexity index is 1110. The van der Waals surface area contributed by atoms with E-state index in [1.54, 1.807) is 6.20 Å². The van der Waals surface area contributed by atoms with E-state index in [9.17, 15) is 9.59 Å². The van der Waals surface area contributed by atoms with Gasteiger partial charge in [-0.3, -0.25) is 14.2 Å². The number of carbonyl (C=O) groups is 1. The van der Waals surface area contributed by atoms with Crippen molar-refractivity contribution < 1.29 is 4.79 Å². The number of amides is 1. The summed E-state index contributed by atoms with van der Waals surface area (Å²) in [5.41, 5.74) is 1.54. The van der Waals surface area contributed by atoms with Gasteiger partial charge in [-0.05, 0) is 38.6 Å². The van der Waals surface area contributed by atoms with Crippen molar-refractivity contribution in [3.05, 3.63) is 45.5 Å². The second kappa shape index (κ2) is 8.53. The van der Waals surface area contributed by atoms with Crippen molar-refractivity contribution in [3.8, 4) is 0 Å². The first kappa shape index (κ1) is 20.5. The Morgan fingerprint density at radius 1 is 1.17 bits per heavy atom. The number of aryl methyl sites for hydroxylation is 3. The normalized spacial score (nSPS) is 15.0. The third-order valence-electron chi connectivity index (χ3n) is 5.59. The van der Waals surface area contributed by atoms with Gasteiger partial charge in [0.15, 0.2) is 0 Å². The zero-order chi connectivity index (χ0) is 21.3. The van der Waals surface area contributed by atoms with E-state index in [1.165, 1.54) is 22.2 Å². The maximum absolute atomic E-state index is 12.7. The first-order valence-electron chi connectivity index (χ1n) is 10.1. The number of aromatic nitrogens is 3. The molecular weight excluding hydrogens is 400 g/mol. The first-order valence-corrected chi connectivity index (χ1v) is 10.9. The van der Waals surface area contributed by atoms with Gasteiger partial charge in [-0.25, -0.2) is 9.97 Å². The van der Waals surface area contributed by atoms with Crippen molar-refractivity contribution in [1.82, 2.24) is 19.4 Å². The van der Waals surface area contributed by atoms with Crippen LogP contribution in [0.2, 0.25) is 0 Å². The van der Waals surface area contributed by atoms with Crippen LogP contribution in [0.25, 0.3) is 10.2 Å². The minimum atomic E-state index is -0.158. The fourth-order valence-electron chi connectivity index (χ4n) is 3.56. The van der Waals surface area contributed by atoms with E-state index in [1.807, 2.05) is 26.0 Å². The summed E-state index contributed by atoms with van der Waals surface area (Å²) in [6, 6.07) is 3.81. The van der Waals surface area contributed by atoms with Crippen molar-refractivity contribution in [1.29, 1.82) is 0 Å². The molecule has 4 heterocycles. The van der Waals surface area contributed by atoms with Crippen LogP contribution in [0.1, 0.15) is 16.9 Å². The Kier molecular flexibility index (Phi) is 5.83. The van der Waals surface area contributed by atoms with Gasteiger partial charge in [-0.15, -0.1) is 11.3 Å². The Balaban J connectivity index is 1.36. The summed E-state index contributed by atoms with van der Waals surface area (Å²) >= 11 is 1.52. The molecule has 1 aliphatic rings. The van der Waals surface area contributed by atoms with E-state index in [-0.39, 0.29) is 24.4 Å². The van der Waals surface area contributed by atoms with Crippen LogP contribution in [0, 0.1) is 13.8 Å². The maximum Gasteiger partial charge on any atom is 0.262 e. The molecule has 1 N–H and O–H groups in total. The second-order valence-corrected chi connectivity index (χ2v) is 8.90. The summed E-state index contributed by atoms with van der Waals surface area (Å²) in [4.78, 5) is 40.3. The van der Waals surface area contributed by atoms with Gasteiger partial charge in [0.1, 0.15) is 10.6 Å². The number of pyridine rings is 1. The molecule has 0 saturated carbocycles. The van der Waals surface area contributed by atoms with Gasteiger partial charge in [-0.1, -0.05) is 0 Å². The lowest BCUT2D eigenvalue weighted by Crippen LogP contribution is -2.44. The van der Waals surface area contributed by atoms with Crippen LogP contribution >= 0.6 is 11.3 Å². The minimum absolute atomic E-state index is 0.0900. The number of nitrogens with one attached hydrogen (secondary N) is 1. The number of piperazine rings is 1. The summed E-state index contributed by atoms with van der Waals surface area (Å²) in [6.45, 7) is 8.15. The molecule has 1 amide bonds. The minimum Gasteiger partial charge on any atom is -0.354 e. The molecule has 0 aliphatic carbocycles. The molecule has 1 saturated heterocycles. The highest BCUT2D eigenvalue weighted by Gasteiger charge is 2.16. The van der Waals surface area contributed by atoms with E-state index >= 15 is 0 Å². The monoisotopic (exact) mass is 426 g/mol. The number of thiophene rings is 1. The Hall–Kier alpha value is -2.78. The van der Waals surface area contributed by atoms with E-state index in [2.05, 4.69) is 32.1 Å². The summed E-state index contributed by atoms with van der Waals surface area (Å²) in [7, 11) is 2.12. The average Bonchev–Trinajstić information content (AvgIpc) is 3.03. The number of fused-ring (bicyclic) bond motifs is 1. The number of anilines is 2. The third kappa shape index (κ3) is 4.22. The molecule has 4 rings (SSSR count). The Labute approximate surface area is 179 Å². The highest BCUT2D eigenvalue weighted by Crippen LogP contribution is 2.25. The molecule has 9 heteroatoms. The number of nitrogens with zero attached hydrogens (tertiary/aromatic N) is 5. The van der Waals surface area contributed by atoms with Gasteiger partial charge in [0.2, 0.25) is 5.91 Å². The van der Waals surface area contributed by atoms with E-state index in [0.29, 0.717) is 11.1 Å². The average molecular weight is 427 g/mol. The lowest BCUT2D eigenvalue weighted by molar-refractivity contribution is -0.116. The second-order valence-electron chi connectivity index (χ2n) is 7.70. The van der Waals surface area contributed by atoms with Crippen LogP contribution in [0.5, 0.6) is 0 Å². The summed E-state index contributed by atoms with van der Waals surface area (Å²) < 4.78 is 1.51. The highest BCUT2D eigenvalue weighted by atomic mass is 32.1. The molecule has 1 fully saturated rings. The molecule has 8 nitrogen and oxygen atoms in total. The highest BCUT2D eigenvalue weighted by molar-refractivity contribution is 7.18. The topological polar surface area (TPSA) is 83.4 Å². The molecule has 0 aromatic carbocycles. The number of hydrogen-bond acceptors (Lipinski definition) is 7. The van der Waals surface area contributed by atoms with Gasteiger partial charge >= 0.3 is 0 Å². The van der Waals surface area contributed by atoms with Crippen LogP contribution < -0.4 is 15.8 Å². The zero-order valence-corrected chi connectivity index (χ0v) is 18.3. The summed E-state index contributed by atoms with van der Waals surface area (Å²) in [5.74, 6) is 0.766. The van der Waals surface area contributed by atoms with Crippen molar-refractivity contribution >= 4 is 39.0 Å². The molecule has 3 aromatic rings. The molecular formula is C21H26N6O2S. The van der Waals surface area contributed by atoms with E-state index in [0.717, 1.165) is 47.3 Å². The zero-order valence-electron chi connectivity index (χ0n) is 17.5. The molecule has 0 bridgehead atoms. The molecule has 30 heavy (non-hydrogen) atoms. The van der Waals surface area contributed by atoms with Gasteiger partial charge < -0.3 is 15.1 Å². The lowest BCUT2D eigenvalue weighted by Gasteiger charge is -2.33. The van der Waals surface area contributed by atoms with Crippen LogP contribution in [0.4, 0.5) is 11.5 Å². The number of likely N-dealkylation sites (N-methyl/N-ethyl adjacent to an activating group) is 1. The molecule has 0 atom stereocenters. The summed E-state index contributed by atoms with van der Waals surface area (Å²) in [6.07, 6.45) is 3.40. The van der Waals surface area contributed by atoms with E-state index in [4.69, 9.17) is 0 Å². The van der Waals surface area contributed by atoms with Crippen molar-refractivity contribution in [2.75, 3.05) is 43.4 Å².